The Morgan fingerprint density at radius 3 is 2.72 bits per heavy atom. The number of aryl methyl sites for hydroxylation is 1. The van der Waals surface area contributed by atoms with Crippen LogP contribution in [0.4, 0.5) is 15.8 Å². The maximum absolute atomic E-state index is 14.7. The number of nitro groups is 1. The van der Waals surface area contributed by atoms with Gasteiger partial charge in [0.1, 0.15) is 17.4 Å². The molecule has 32 heavy (non-hydrogen) atoms. The second-order valence-corrected chi connectivity index (χ2v) is 8.94. The zero-order valence-electron chi connectivity index (χ0n) is 17.1. The molecule has 0 unspecified atom stereocenters. The first-order chi connectivity index (χ1) is 15.3. The minimum absolute atomic E-state index is 0.0393. The summed E-state index contributed by atoms with van der Waals surface area (Å²) in [6.45, 7) is 0.644. The van der Waals surface area contributed by atoms with Gasteiger partial charge in [-0.3, -0.25) is 14.8 Å². The minimum atomic E-state index is -4.35. The van der Waals surface area contributed by atoms with E-state index < -0.39 is 31.3 Å². The number of nitrogens with one attached hydrogen (secondary N) is 1. The Balaban J connectivity index is 1.71. The van der Waals surface area contributed by atoms with E-state index in [9.17, 15) is 22.9 Å². The predicted octanol–water partition coefficient (Wildman–Crippen LogP) is 3.53. The predicted molar refractivity (Wildman–Crippen MR) is 113 cm³/mol. The summed E-state index contributed by atoms with van der Waals surface area (Å²) in [4.78, 5) is 10.1. The van der Waals surface area contributed by atoms with Crippen molar-refractivity contribution in [3.63, 3.8) is 0 Å². The number of aromatic nitrogens is 3. The van der Waals surface area contributed by atoms with E-state index in [0.717, 1.165) is 49.7 Å². The van der Waals surface area contributed by atoms with Gasteiger partial charge < -0.3 is 9.30 Å². The van der Waals surface area contributed by atoms with Crippen LogP contribution in [-0.4, -0.2) is 35.2 Å². The van der Waals surface area contributed by atoms with Gasteiger partial charge in [0, 0.05) is 18.7 Å². The third-order valence-electron chi connectivity index (χ3n) is 5.22. The quantitative estimate of drug-likeness (QED) is 0.439. The number of halogens is 1. The van der Waals surface area contributed by atoms with E-state index in [0.29, 0.717) is 12.4 Å². The van der Waals surface area contributed by atoms with Crippen molar-refractivity contribution in [1.29, 1.82) is 0 Å². The van der Waals surface area contributed by atoms with Gasteiger partial charge in [-0.25, -0.2) is 12.8 Å². The van der Waals surface area contributed by atoms with E-state index in [4.69, 9.17) is 4.74 Å². The van der Waals surface area contributed by atoms with Crippen LogP contribution < -0.4 is 9.46 Å². The first-order valence-electron chi connectivity index (χ1n) is 9.87. The van der Waals surface area contributed by atoms with Crippen molar-refractivity contribution in [2.75, 3.05) is 11.8 Å². The Morgan fingerprint density at radius 1 is 1.16 bits per heavy atom. The summed E-state index contributed by atoms with van der Waals surface area (Å²) in [5.41, 5.74) is -0.505. The summed E-state index contributed by atoms with van der Waals surface area (Å²) in [6.07, 6.45) is 3.65. The van der Waals surface area contributed by atoms with Crippen molar-refractivity contribution in [1.82, 2.24) is 14.8 Å². The van der Waals surface area contributed by atoms with Crippen molar-refractivity contribution in [2.24, 2.45) is 0 Å². The molecule has 1 N–H and O–H groups in total. The largest absolute Gasteiger partial charge is 0.497 e. The topological polar surface area (TPSA) is 129 Å². The van der Waals surface area contributed by atoms with Crippen LogP contribution in [-0.2, 0) is 23.0 Å². The molecule has 0 amide bonds. The molecule has 168 valence electrons. The van der Waals surface area contributed by atoms with Gasteiger partial charge in [-0.2, -0.15) is 0 Å². The Bertz CT molecular complexity index is 1290. The fraction of sp³-hybridized carbons (Fsp3) is 0.300. The fourth-order valence-corrected chi connectivity index (χ4v) is 4.85. The molecule has 10 nitrogen and oxygen atoms in total. The first kappa shape index (κ1) is 21.7. The van der Waals surface area contributed by atoms with Crippen molar-refractivity contribution in [3.05, 3.63) is 58.2 Å². The van der Waals surface area contributed by atoms with Crippen LogP contribution in [0, 0.1) is 15.9 Å². The molecule has 0 atom stereocenters. The standard InChI is InChI=1S/C20H20FN5O5S/c1-31-14-7-9-18(17(12-14)26(27)28)32(29,30)24-13-6-8-16(21)15(11-13)20-23-22-19-5-3-2-4-10-25(19)20/h6-9,11-12,24H,2-5,10H2,1H3. The number of nitro benzene ring substituents is 1. The zero-order chi connectivity index (χ0) is 22.9. The zero-order valence-corrected chi connectivity index (χ0v) is 17.9. The molecule has 1 aliphatic heterocycles. The normalized spacial score (nSPS) is 13.8. The second-order valence-electron chi connectivity index (χ2n) is 7.29. The highest BCUT2D eigenvalue weighted by Gasteiger charge is 2.27. The molecule has 4 rings (SSSR count). The lowest BCUT2D eigenvalue weighted by Crippen LogP contribution is -2.15. The number of nitrogens with zero attached hydrogens (tertiary/aromatic N) is 4. The minimum Gasteiger partial charge on any atom is -0.497 e. The van der Waals surface area contributed by atoms with E-state index in [2.05, 4.69) is 14.9 Å². The third kappa shape index (κ3) is 4.13. The van der Waals surface area contributed by atoms with Gasteiger partial charge in [0.05, 0.1) is 23.7 Å². The molecule has 1 aliphatic rings. The average Bonchev–Trinajstić information content (AvgIpc) is 3.01. The molecule has 3 aromatic rings. The Labute approximate surface area is 183 Å². The summed E-state index contributed by atoms with van der Waals surface area (Å²) in [7, 11) is -3.03. The molecule has 2 heterocycles. The SMILES string of the molecule is COc1ccc(S(=O)(=O)Nc2ccc(F)c(-c3nnc4n3CCCCC4)c2)c([N+](=O)[O-])c1. The summed E-state index contributed by atoms with van der Waals surface area (Å²) in [6, 6.07) is 7.09. The summed E-state index contributed by atoms with van der Waals surface area (Å²) >= 11 is 0. The summed E-state index contributed by atoms with van der Waals surface area (Å²) < 4.78 is 49.5. The molecular formula is C20H20FN5O5S. The highest BCUT2D eigenvalue weighted by Crippen LogP contribution is 2.32. The van der Waals surface area contributed by atoms with E-state index in [1.165, 1.54) is 25.3 Å². The van der Waals surface area contributed by atoms with Crippen LogP contribution in [0.3, 0.4) is 0 Å². The maximum atomic E-state index is 14.7. The van der Waals surface area contributed by atoms with Crippen molar-refractivity contribution in [3.8, 4) is 17.1 Å². The molecule has 12 heteroatoms. The van der Waals surface area contributed by atoms with Crippen molar-refractivity contribution >= 4 is 21.4 Å². The maximum Gasteiger partial charge on any atom is 0.293 e. The lowest BCUT2D eigenvalue weighted by Gasteiger charge is -2.12. The van der Waals surface area contributed by atoms with E-state index >= 15 is 0 Å². The van der Waals surface area contributed by atoms with E-state index in [1.807, 2.05) is 4.57 Å². The number of sulfonamides is 1. The molecule has 0 saturated heterocycles. The van der Waals surface area contributed by atoms with Gasteiger partial charge in [0.25, 0.3) is 15.7 Å². The van der Waals surface area contributed by atoms with Crippen LogP contribution in [0.2, 0.25) is 0 Å². The molecule has 0 radical (unpaired) electrons. The van der Waals surface area contributed by atoms with Gasteiger partial charge >= 0.3 is 0 Å². The molecule has 0 fully saturated rings. The third-order valence-corrected chi connectivity index (χ3v) is 6.65. The lowest BCUT2D eigenvalue weighted by atomic mass is 10.1. The smallest absolute Gasteiger partial charge is 0.293 e. The second kappa shape index (κ2) is 8.54. The monoisotopic (exact) mass is 461 g/mol. The van der Waals surface area contributed by atoms with Crippen LogP contribution in [0.1, 0.15) is 25.1 Å². The van der Waals surface area contributed by atoms with Crippen LogP contribution in [0.5, 0.6) is 5.75 Å². The average molecular weight is 461 g/mol. The van der Waals surface area contributed by atoms with Crippen LogP contribution in [0.15, 0.2) is 41.3 Å². The van der Waals surface area contributed by atoms with Gasteiger partial charge in [-0.1, -0.05) is 6.42 Å². The Kier molecular flexibility index (Phi) is 5.78. The highest BCUT2D eigenvalue weighted by molar-refractivity contribution is 7.92. The molecular weight excluding hydrogens is 441 g/mol. The van der Waals surface area contributed by atoms with Crippen LogP contribution >= 0.6 is 0 Å². The van der Waals surface area contributed by atoms with Crippen molar-refractivity contribution in [2.45, 2.75) is 37.1 Å². The molecule has 1 aromatic heterocycles. The summed E-state index contributed by atoms with van der Waals surface area (Å²) in [5, 5.41) is 19.7. The van der Waals surface area contributed by atoms with Gasteiger partial charge in [0.2, 0.25) is 0 Å². The van der Waals surface area contributed by atoms with Crippen LogP contribution in [0.25, 0.3) is 11.4 Å². The Hall–Kier alpha value is -3.54. The number of fused-ring (bicyclic) bond motifs is 1. The number of ether oxygens (including phenoxy) is 1. The summed E-state index contributed by atoms with van der Waals surface area (Å²) in [5.74, 6) is 0.641. The number of anilines is 1. The molecule has 0 spiro atoms. The van der Waals surface area contributed by atoms with Gasteiger partial charge in [0.15, 0.2) is 10.7 Å². The van der Waals surface area contributed by atoms with E-state index in [-0.39, 0.29) is 17.0 Å². The Morgan fingerprint density at radius 2 is 1.97 bits per heavy atom. The number of hydrogen-bond donors (Lipinski definition) is 1. The van der Waals surface area contributed by atoms with E-state index in [1.54, 1.807) is 0 Å². The number of rotatable bonds is 6. The fourth-order valence-electron chi connectivity index (χ4n) is 3.65. The number of methoxy groups -OCH3 is 1. The van der Waals surface area contributed by atoms with Gasteiger partial charge in [-0.15, -0.1) is 10.2 Å². The number of hydrogen-bond acceptors (Lipinski definition) is 7. The molecule has 0 saturated carbocycles. The molecule has 0 bridgehead atoms. The lowest BCUT2D eigenvalue weighted by molar-refractivity contribution is -0.387. The highest BCUT2D eigenvalue weighted by atomic mass is 32.2. The molecule has 0 aliphatic carbocycles. The molecule has 2 aromatic carbocycles. The first-order valence-corrected chi connectivity index (χ1v) is 11.4. The van der Waals surface area contributed by atoms with Gasteiger partial charge in [-0.05, 0) is 43.2 Å². The van der Waals surface area contributed by atoms with Crippen molar-refractivity contribution < 1.29 is 22.5 Å². The number of benzene rings is 2.